The molecule has 5 rings (SSSR count). The summed E-state index contributed by atoms with van der Waals surface area (Å²) in [6, 6.07) is 0. The lowest BCUT2D eigenvalue weighted by Gasteiger charge is -2.59. The molecule has 4 saturated carbocycles. The molecule has 1 spiro atoms. The Kier molecular flexibility index (Phi) is 3.12. The van der Waals surface area contributed by atoms with Crippen molar-refractivity contribution in [3.05, 3.63) is 0 Å². The Balaban J connectivity index is 1.44. The lowest BCUT2D eigenvalue weighted by atomic mass is 9.45. The summed E-state index contributed by atoms with van der Waals surface area (Å²) in [4.78, 5) is 11.5. The summed E-state index contributed by atoms with van der Waals surface area (Å²) in [5.74, 6) is 2.29. The van der Waals surface area contributed by atoms with E-state index in [0.29, 0.717) is 11.5 Å². The Labute approximate surface area is 145 Å². The van der Waals surface area contributed by atoms with Crippen LogP contribution >= 0.6 is 0 Å². The molecule has 5 aliphatic rings. The zero-order chi connectivity index (χ0) is 16.7. The first-order valence-corrected chi connectivity index (χ1v) is 10.3. The van der Waals surface area contributed by atoms with Gasteiger partial charge >= 0.3 is 5.97 Å². The molecule has 3 unspecified atom stereocenters. The van der Waals surface area contributed by atoms with Gasteiger partial charge in [-0.05, 0) is 69.1 Å². The van der Waals surface area contributed by atoms with Crippen LogP contribution in [-0.2, 0) is 14.3 Å². The van der Waals surface area contributed by atoms with Gasteiger partial charge in [-0.2, -0.15) is 0 Å². The predicted molar refractivity (Wildman–Crippen MR) is 91.4 cm³/mol. The van der Waals surface area contributed by atoms with Crippen LogP contribution in [0.1, 0.15) is 78.6 Å². The fourth-order valence-corrected chi connectivity index (χ4v) is 8.09. The van der Waals surface area contributed by atoms with E-state index in [1.165, 1.54) is 51.4 Å². The van der Waals surface area contributed by atoms with E-state index < -0.39 is 0 Å². The molecule has 3 heteroatoms. The van der Waals surface area contributed by atoms with Crippen LogP contribution in [0.3, 0.4) is 0 Å². The molecule has 0 aromatic carbocycles. The van der Waals surface area contributed by atoms with E-state index in [9.17, 15) is 4.79 Å². The number of carbonyl (C=O) groups is 1. The Morgan fingerprint density at radius 2 is 1.83 bits per heavy atom. The summed E-state index contributed by atoms with van der Waals surface area (Å²) < 4.78 is 12.1. The smallest absolute Gasteiger partial charge is 0.302 e. The molecule has 0 bridgehead atoms. The van der Waals surface area contributed by atoms with E-state index in [1.54, 1.807) is 6.92 Å². The number of carbonyl (C=O) groups excluding carboxylic acids is 1. The maximum atomic E-state index is 11.5. The fourth-order valence-electron chi connectivity index (χ4n) is 8.09. The number of hydrogen-bond donors (Lipinski definition) is 0. The van der Waals surface area contributed by atoms with Crippen LogP contribution in [0.4, 0.5) is 0 Å². The van der Waals surface area contributed by atoms with Gasteiger partial charge in [0, 0.05) is 17.8 Å². The van der Waals surface area contributed by atoms with Crippen molar-refractivity contribution in [2.24, 2.45) is 28.6 Å². The zero-order valence-corrected chi connectivity index (χ0v) is 15.5. The van der Waals surface area contributed by atoms with Gasteiger partial charge in [0.25, 0.3) is 0 Å². The topological polar surface area (TPSA) is 38.8 Å². The van der Waals surface area contributed by atoms with E-state index >= 15 is 0 Å². The van der Waals surface area contributed by atoms with E-state index in [-0.39, 0.29) is 23.1 Å². The van der Waals surface area contributed by atoms with Gasteiger partial charge in [-0.3, -0.25) is 4.79 Å². The summed E-state index contributed by atoms with van der Waals surface area (Å²) in [7, 11) is 0. The molecule has 1 heterocycles. The summed E-state index contributed by atoms with van der Waals surface area (Å²) in [5.41, 5.74) is 0.861. The molecule has 1 saturated heterocycles. The van der Waals surface area contributed by atoms with Crippen LogP contribution in [0.25, 0.3) is 0 Å². The highest BCUT2D eigenvalue weighted by atomic mass is 16.6. The maximum Gasteiger partial charge on any atom is 0.302 e. The minimum absolute atomic E-state index is 0.0972. The predicted octanol–water partition coefficient (Wildman–Crippen LogP) is 4.48. The van der Waals surface area contributed by atoms with E-state index in [0.717, 1.165) is 24.2 Å². The third kappa shape index (κ3) is 1.75. The van der Waals surface area contributed by atoms with Gasteiger partial charge < -0.3 is 9.47 Å². The standard InChI is InChI=1S/C21H32O3/c1-13(22)23-17-7-6-15-14-8-12-21-18(24-21)5-4-10-20(21,3)16(14)9-11-19(15,17)2/h14-18H,4-12H2,1-3H3/t14-,15-,16-,17?,18?,19-,20+,21?/m0/s1. The third-order valence-corrected chi connectivity index (χ3v) is 9.27. The monoisotopic (exact) mass is 332 g/mol. The number of epoxide rings is 1. The molecule has 24 heavy (non-hydrogen) atoms. The largest absolute Gasteiger partial charge is 0.462 e. The van der Waals surface area contributed by atoms with Crippen LogP contribution in [0.2, 0.25) is 0 Å². The zero-order valence-electron chi connectivity index (χ0n) is 15.5. The Hall–Kier alpha value is -0.570. The second-order valence-electron chi connectivity index (χ2n) is 9.94. The van der Waals surface area contributed by atoms with Crippen LogP contribution in [0.15, 0.2) is 0 Å². The normalized spacial score (nSPS) is 58.0. The summed E-state index contributed by atoms with van der Waals surface area (Å²) >= 11 is 0. The van der Waals surface area contributed by atoms with Crippen molar-refractivity contribution in [1.29, 1.82) is 0 Å². The third-order valence-electron chi connectivity index (χ3n) is 9.27. The van der Waals surface area contributed by atoms with Crippen LogP contribution in [-0.4, -0.2) is 23.8 Å². The Morgan fingerprint density at radius 3 is 2.62 bits per heavy atom. The van der Waals surface area contributed by atoms with Crippen molar-refractivity contribution < 1.29 is 14.3 Å². The summed E-state index contributed by atoms with van der Waals surface area (Å²) in [6.07, 6.45) is 12.2. The average Bonchev–Trinajstić information content (AvgIpc) is 3.17. The van der Waals surface area contributed by atoms with Crippen LogP contribution < -0.4 is 0 Å². The molecule has 8 atom stereocenters. The first-order chi connectivity index (χ1) is 11.4. The van der Waals surface area contributed by atoms with E-state index in [4.69, 9.17) is 9.47 Å². The summed E-state index contributed by atoms with van der Waals surface area (Å²) in [6.45, 7) is 6.54. The molecule has 0 aromatic rings. The van der Waals surface area contributed by atoms with Gasteiger partial charge in [-0.15, -0.1) is 0 Å². The SMILES string of the molecule is CC(=O)OC1CC[C@H]2[C@@H]3CCC45OC4CCC[C@]5(C)[C@H]3CC[C@]12C. The molecule has 4 aliphatic carbocycles. The first kappa shape index (κ1) is 15.7. The van der Waals surface area contributed by atoms with Crippen molar-refractivity contribution >= 4 is 5.97 Å². The number of rotatable bonds is 1. The van der Waals surface area contributed by atoms with Gasteiger partial charge in [-0.25, -0.2) is 0 Å². The molecule has 3 nitrogen and oxygen atoms in total. The Bertz CT molecular complexity index is 573. The Morgan fingerprint density at radius 1 is 1.00 bits per heavy atom. The van der Waals surface area contributed by atoms with Gasteiger partial charge in [-0.1, -0.05) is 20.3 Å². The molecule has 0 aromatic heterocycles. The highest BCUT2D eigenvalue weighted by Crippen LogP contribution is 2.72. The molecular weight excluding hydrogens is 300 g/mol. The number of ether oxygens (including phenoxy) is 2. The van der Waals surface area contributed by atoms with Gasteiger partial charge in [0.15, 0.2) is 0 Å². The van der Waals surface area contributed by atoms with Crippen LogP contribution in [0, 0.1) is 28.6 Å². The minimum atomic E-state index is -0.0972. The van der Waals surface area contributed by atoms with Crippen molar-refractivity contribution in [2.45, 2.75) is 96.4 Å². The molecule has 0 N–H and O–H groups in total. The highest BCUT2D eigenvalue weighted by Gasteiger charge is 2.74. The lowest BCUT2D eigenvalue weighted by Crippen LogP contribution is -2.57. The molecule has 1 aliphatic heterocycles. The molecular formula is C21H32O3. The fraction of sp³-hybridized carbons (Fsp3) is 0.952. The van der Waals surface area contributed by atoms with Crippen molar-refractivity contribution in [1.82, 2.24) is 0 Å². The lowest BCUT2D eigenvalue weighted by molar-refractivity contribution is -0.161. The molecule has 5 fully saturated rings. The highest BCUT2D eigenvalue weighted by molar-refractivity contribution is 5.66. The van der Waals surface area contributed by atoms with Gasteiger partial charge in [0.1, 0.15) is 11.7 Å². The second-order valence-corrected chi connectivity index (χ2v) is 9.94. The summed E-state index contributed by atoms with van der Waals surface area (Å²) in [5, 5.41) is 0. The van der Waals surface area contributed by atoms with E-state index in [1.807, 2.05) is 0 Å². The average molecular weight is 332 g/mol. The van der Waals surface area contributed by atoms with Crippen molar-refractivity contribution in [2.75, 3.05) is 0 Å². The minimum Gasteiger partial charge on any atom is -0.462 e. The van der Waals surface area contributed by atoms with Gasteiger partial charge in [0.2, 0.25) is 0 Å². The first-order valence-electron chi connectivity index (χ1n) is 10.3. The molecule has 0 radical (unpaired) electrons. The second kappa shape index (κ2) is 4.78. The number of esters is 1. The van der Waals surface area contributed by atoms with Crippen LogP contribution in [0.5, 0.6) is 0 Å². The van der Waals surface area contributed by atoms with E-state index in [2.05, 4.69) is 13.8 Å². The molecule has 0 amide bonds. The number of hydrogen-bond acceptors (Lipinski definition) is 3. The molecule has 134 valence electrons. The quantitative estimate of drug-likeness (QED) is 0.525. The van der Waals surface area contributed by atoms with Gasteiger partial charge in [0.05, 0.1) is 6.10 Å². The van der Waals surface area contributed by atoms with Crippen molar-refractivity contribution in [3.8, 4) is 0 Å². The van der Waals surface area contributed by atoms with Crippen molar-refractivity contribution in [3.63, 3.8) is 0 Å². The number of fused-ring (bicyclic) bond motifs is 4. The maximum absolute atomic E-state index is 11.5.